The average Bonchev–Trinajstić information content (AvgIpc) is 3.03. The molecule has 0 aliphatic heterocycles. The fraction of sp³-hybridized carbons (Fsp3) is 0.529. The van der Waals surface area contributed by atoms with Gasteiger partial charge in [0.2, 0.25) is 0 Å². The molecule has 0 radical (unpaired) electrons. The van der Waals surface area contributed by atoms with E-state index in [0.29, 0.717) is 6.04 Å². The molecule has 1 aliphatic carbocycles. The van der Waals surface area contributed by atoms with Crippen molar-refractivity contribution in [2.24, 2.45) is 11.8 Å². The first kappa shape index (κ1) is 12.7. The Morgan fingerprint density at radius 1 is 1.26 bits per heavy atom. The van der Waals surface area contributed by atoms with E-state index in [1.165, 1.54) is 35.7 Å². The lowest BCUT2D eigenvalue weighted by Gasteiger charge is -2.21. The summed E-state index contributed by atoms with van der Waals surface area (Å²) in [5, 5.41) is 5.13. The van der Waals surface area contributed by atoms with E-state index in [2.05, 4.69) is 48.4 Å². The number of nitrogens with one attached hydrogen (secondary N) is 2. The molecule has 0 saturated heterocycles. The number of fused-ring (bicyclic) bond motifs is 1. The van der Waals surface area contributed by atoms with Gasteiger partial charge >= 0.3 is 0 Å². The highest BCUT2D eigenvalue weighted by molar-refractivity contribution is 5.82. The van der Waals surface area contributed by atoms with Gasteiger partial charge in [0, 0.05) is 29.7 Å². The maximum Gasteiger partial charge on any atom is 0.0457 e. The fourth-order valence-corrected chi connectivity index (χ4v) is 3.66. The number of aromatic nitrogens is 1. The van der Waals surface area contributed by atoms with Gasteiger partial charge in [-0.2, -0.15) is 0 Å². The number of benzene rings is 1. The van der Waals surface area contributed by atoms with Crippen molar-refractivity contribution in [3.63, 3.8) is 0 Å². The third-order valence-corrected chi connectivity index (χ3v) is 4.99. The Morgan fingerprint density at radius 3 is 2.95 bits per heavy atom. The van der Waals surface area contributed by atoms with Crippen molar-refractivity contribution in [3.8, 4) is 0 Å². The molecule has 1 heterocycles. The molecule has 2 aromatic rings. The average molecular weight is 256 g/mol. The number of hydrogen-bond acceptors (Lipinski definition) is 1. The molecular weight excluding hydrogens is 232 g/mol. The fourth-order valence-electron chi connectivity index (χ4n) is 3.66. The zero-order valence-corrected chi connectivity index (χ0v) is 11.9. The molecule has 3 rings (SSSR count). The molecule has 1 saturated carbocycles. The van der Waals surface area contributed by atoms with Crippen molar-refractivity contribution < 1.29 is 0 Å². The smallest absolute Gasteiger partial charge is 0.0457 e. The summed E-state index contributed by atoms with van der Waals surface area (Å²) in [6, 6.07) is 9.39. The summed E-state index contributed by atoms with van der Waals surface area (Å²) in [6.07, 6.45) is 6.08. The molecule has 3 unspecified atom stereocenters. The SMILES string of the molecule is CCC1CCC(NCc2cccc3[nH]ccc23)C1C. The minimum Gasteiger partial charge on any atom is -0.361 e. The van der Waals surface area contributed by atoms with Crippen molar-refractivity contribution in [1.82, 2.24) is 10.3 Å². The van der Waals surface area contributed by atoms with Crippen LogP contribution in [-0.4, -0.2) is 11.0 Å². The molecule has 1 aromatic carbocycles. The molecule has 3 atom stereocenters. The second-order valence-corrected chi connectivity index (χ2v) is 5.95. The van der Waals surface area contributed by atoms with Gasteiger partial charge in [-0.15, -0.1) is 0 Å². The van der Waals surface area contributed by atoms with Crippen LogP contribution in [0, 0.1) is 11.8 Å². The quantitative estimate of drug-likeness (QED) is 0.847. The van der Waals surface area contributed by atoms with E-state index < -0.39 is 0 Å². The zero-order valence-electron chi connectivity index (χ0n) is 11.9. The summed E-state index contributed by atoms with van der Waals surface area (Å²) < 4.78 is 0. The van der Waals surface area contributed by atoms with Crippen LogP contribution in [0.3, 0.4) is 0 Å². The van der Waals surface area contributed by atoms with Crippen LogP contribution in [0.1, 0.15) is 38.7 Å². The Labute approximate surface area is 115 Å². The predicted octanol–water partition coefficient (Wildman–Crippen LogP) is 4.08. The molecule has 19 heavy (non-hydrogen) atoms. The molecule has 2 heteroatoms. The Morgan fingerprint density at radius 2 is 2.16 bits per heavy atom. The standard InChI is InChI=1S/C17H24N2/c1-3-13-7-8-16(12(13)2)19-11-14-5-4-6-17-15(14)9-10-18-17/h4-6,9-10,12-13,16,18-19H,3,7-8,11H2,1-2H3. The van der Waals surface area contributed by atoms with Gasteiger partial charge in [0.05, 0.1) is 0 Å². The Hall–Kier alpha value is -1.28. The van der Waals surface area contributed by atoms with E-state index in [1.54, 1.807) is 0 Å². The predicted molar refractivity (Wildman–Crippen MR) is 81.1 cm³/mol. The Balaban J connectivity index is 1.68. The number of aromatic amines is 1. The van der Waals surface area contributed by atoms with Gasteiger partial charge in [-0.25, -0.2) is 0 Å². The van der Waals surface area contributed by atoms with E-state index in [9.17, 15) is 0 Å². The summed E-state index contributed by atoms with van der Waals surface area (Å²) >= 11 is 0. The topological polar surface area (TPSA) is 27.8 Å². The van der Waals surface area contributed by atoms with Crippen LogP contribution < -0.4 is 5.32 Å². The molecule has 1 fully saturated rings. The van der Waals surface area contributed by atoms with Crippen LogP contribution in [0.4, 0.5) is 0 Å². The van der Waals surface area contributed by atoms with Crippen LogP contribution in [0.5, 0.6) is 0 Å². The summed E-state index contributed by atoms with van der Waals surface area (Å²) in [7, 11) is 0. The number of rotatable bonds is 4. The monoisotopic (exact) mass is 256 g/mol. The molecular formula is C17H24N2. The minimum atomic E-state index is 0.694. The summed E-state index contributed by atoms with van der Waals surface area (Å²) in [6.45, 7) is 5.72. The van der Waals surface area contributed by atoms with Crippen LogP contribution >= 0.6 is 0 Å². The van der Waals surface area contributed by atoms with Crippen molar-refractivity contribution in [3.05, 3.63) is 36.0 Å². The molecule has 1 aliphatic rings. The summed E-state index contributed by atoms with van der Waals surface area (Å²) in [5.41, 5.74) is 2.65. The summed E-state index contributed by atoms with van der Waals surface area (Å²) in [4.78, 5) is 3.29. The maximum absolute atomic E-state index is 3.78. The lowest BCUT2D eigenvalue weighted by Crippen LogP contribution is -2.32. The highest BCUT2D eigenvalue weighted by Crippen LogP contribution is 2.34. The zero-order chi connectivity index (χ0) is 13.2. The van der Waals surface area contributed by atoms with Gasteiger partial charge in [-0.1, -0.05) is 32.4 Å². The first-order chi connectivity index (χ1) is 9.29. The first-order valence-corrected chi connectivity index (χ1v) is 7.58. The van der Waals surface area contributed by atoms with Crippen molar-refractivity contribution >= 4 is 10.9 Å². The molecule has 2 N–H and O–H groups in total. The van der Waals surface area contributed by atoms with Gasteiger partial charge in [0.25, 0.3) is 0 Å². The van der Waals surface area contributed by atoms with E-state index >= 15 is 0 Å². The van der Waals surface area contributed by atoms with Gasteiger partial charge < -0.3 is 10.3 Å². The lowest BCUT2D eigenvalue weighted by molar-refractivity contribution is 0.344. The molecule has 0 amide bonds. The summed E-state index contributed by atoms with van der Waals surface area (Å²) in [5.74, 6) is 1.73. The van der Waals surface area contributed by atoms with Crippen molar-refractivity contribution in [2.75, 3.05) is 0 Å². The van der Waals surface area contributed by atoms with E-state index in [1.807, 2.05) is 6.20 Å². The van der Waals surface area contributed by atoms with Gasteiger partial charge in [-0.3, -0.25) is 0 Å². The maximum atomic E-state index is 3.78. The Kier molecular flexibility index (Phi) is 3.61. The second kappa shape index (κ2) is 5.38. The van der Waals surface area contributed by atoms with E-state index in [0.717, 1.165) is 18.4 Å². The third kappa shape index (κ3) is 2.42. The molecule has 2 nitrogen and oxygen atoms in total. The van der Waals surface area contributed by atoms with Crippen molar-refractivity contribution in [2.45, 2.75) is 45.7 Å². The second-order valence-electron chi connectivity index (χ2n) is 5.95. The van der Waals surface area contributed by atoms with E-state index in [-0.39, 0.29) is 0 Å². The Bertz CT molecular complexity index is 543. The van der Waals surface area contributed by atoms with Gasteiger partial charge in [0.15, 0.2) is 0 Å². The molecule has 0 bridgehead atoms. The highest BCUT2D eigenvalue weighted by atomic mass is 14.9. The first-order valence-electron chi connectivity index (χ1n) is 7.58. The lowest BCUT2D eigenvalue weighted by atomic mass is 9.93. The molecule has 1 aromatic heterocycles. The number of hydrogen-bond donors (Lipinski definition) is 2. The van der Waals surface area contributed by atoms with Crippen LogP contribution in [-0.2, 0) is 6.54 Å². The van der Waals surface area contributed by atoms with Crippen LogP contribution in [0.15, 0.2) is 30.5 Å². The van der Waals surface area contributed by atoms with E-state index in [4.69, 9.17) is 0 Å². The molecule has 102 valence electrons. The van der Waals surface area contributed by atoms with Gasteiger partial charge in [0.1, 0.15) is 0 Å². The molecule has 0 spiro atoms. The van der Waals surface area contributed by atoms with Crippen molar-refractivity contribution in [1.29, 1.82) is 0 Å². The van der Waals surface area contributed by atoms with Crippen LogP contribution in [0.25, 0.3) is 10.9 Å². The third-order valence-electron chi connectivity index (χ3n) is 4.99. The number of H-pyrrole nitrogens is 1. The van der Waals surface area contributed by atoms with Crippen LogP contribution in [0.2, 0.25) is 0 Å². The minimum absolute atomic E-state index is 0.694. The normalized spacial score (nSPS) is 27.2. The highest BCUT2D eigenvalue weighted by Gasteiger charge is 2.30. The largest absolute Gasteiger partial charge is 0.361 e. The van der Waals surface area contributed by atoms with Gasteiger partial charge in [-0.05, 0) is 42.4 Å².